The van der Waals surface area contributed by atoms with Crippen LogP contribution in [0.25, 0.3) is 0 Å². The standard InChI is InChI=1S/C18H30BrFN2O3SSi/c1-18(2,3)27(4,5)25-13-12-21-8-10-22(11-9-21)26(23,24)15-6-7-16(19)17(20)14-15/h6-7,14H,8-13H2,1-5H3. The smallest absolute Gasteiger partial charge is 0.243 e. The second-order valence-corrected chi connectivity index (χ2v) is 16.0. The average Bonchev–Trinajstić information content (AvgIpc) is 2.56. The van der Waals surface area contributed by atoms with Crippen molar-refractivity contribution in [1.82, 2.24) is 9.21 Å². The van der Waals surface area contributed by atoms with Crippen LogP contribution in [-0.2, 0) is 14.4 Å². The number of halogens is 2. The summed E-state index contributed by atoms with van der Waals surface area (Å²) in [5.41, 5.74) is 0. The van der Waals surface area contributed by atoms with Crippen molar-refractivity contribution in [3.63, 3.8) is 0 Å². The van der Waals surface area contributed by atoms with Gasteiger partial charge in [-0.25, -0.2) is 12.8 Å². The van der Waals surface area contributed by atoms with Crippen molar-refractivity contribution in [2.75, 3.05) is 39.3 Å². The summed E-state index contributed by atoms with van der Waals surface area (Å²) in [5.74, 6) is -0.572. The second kappa shape index (κ2) is 8.58. The van der Waals surface area contributed by atoms with Crippen LogP contribution in [0.1, 0.15) is 20.8 Å². The van der Waals surface area contributed by atoms with Gasteiger partial charge in [-0.3, -0.25) is 4.90 Å². The first-order valence-corrected chi connectivity index (χ1v) is 14.3. The minimum absolute atomic E-state index is 0.00194. The van der Waals surface area contributed by atoms with Crippen molar-refractivity contribution in [3.05, 3.63) is 28.5 Å². The molecule has 5 nitrogen and oxygen atoms in total. The van der Waals surface area contributed by atoms with Gasteiger partial charge in [0.25, 0.3) is 0 Å². The van der Waals surface area contributed by atoms with E-state index in [0.29, 0.717) is 32.8 Å². The average molecular weight is 482 g/mol. The maximum absolute atomic E-state index is 13.7. The fourth-order valence-corrected chi connectivity index (χ4v) is 5.34. The summed E-state index contributed by atoms with van der Waals surface area (Å²) in [4.78, 5) is 2.22. The zero-order chi connectivity index (χ0) is 20.5. The Bertz CT molecular complexity index is 760. The van der Waals surface area contributed by atoms with Crippen molar-refractivity contribution in [2.45, 2.75) is 43.8 Å². The molecule has 0 atom stereocenters. The van der Waals surface area contributed by atoms with Gasteiger partial charge in [-0.15, -0.1) is 0 Å². The molecule has 1 aliphatic heterocycles. The molecule has 1 aromatic carbocycles. The van der Waals surface area contributed by atoms with Gasteiger partial charge in [-0.05, 0) is 52.3 Å². The third kappa shape index (κ3) is 5.60. The highest BCUT2D eigenvalue weighted by Crippen LogP contribution is 2.36. The Labute approximate surface area is 172 Å². The number of rotatable bonds is 6. The summed E-state index contributed by atoms with van der Waals surface area (Å²) in [6, 6.07) is 3.93. The van der Waals surface area contributed by atoms with Gasteiger partial charge in [0.15, 0.2) is 8.32 Å². The summed E-state index contributed by atoms with van der Waals surface area (Å²) in [6.45, 7) is 14.7. The molecule has 0 aliphatic carbocycles. The minimum atomic E-state index is -3.67. The number of piperazine rings is 1. The highest BCUT2D eigenvalue weighted by molar-refractivity contribution is 9.10. The van der Waals surface area contributed by atoms with Crippen LogP contribution in [0.3, 0.4) is 0 Å². The summed E-state index contributed by atoms with van der Waals surface area (Å²) in [7, 11) is -5.43. The molecular weight excluding hydrogens is 451 g/mol. The zero-order valence-corrected chi connectivity index (χ0v) is 20.2. The van der Waals surface area contributed by atoms with E-state index in [9.17, 15) is 12.8 Å². The number of hydrogen-bond acceptors (Lipinski definition) is 4. The van der Waals surface area contributed by atoms with Gasteiger partial charge in [0, 0.05) is 39.3 Å². The van der Waals surface area contributed by atoms with Crippen LogP contribution in [0.15, 0.2) is 27.6 Å². The molecule has 0 amide bonds. The molecule has 0 saturated carbocycles. The van der Waals surface area contributed by atoms with Gasteiger partial charge < -0.3 is 4.43 Å². The third-order valence-corrected chi connectivity index (χ3v) is 12.6. The molecule has 0 spiro atoms. The van der Waals surface area contributed by atoms with E-state index in [2.05, 4.69) is 54.7 Å². The minimum Gasteiger partial charge on any atom is -0.416 e. The number of benzene rings is 1. The molecule has 0 radical (unpaired) electrons. The van der Waals surface area contributed by atoms with E-state index in [1.54, 1.807) is 0 Å². The Hall–Kier alpha value is -0.323. The van der Waals surface area contributed by atoms with Gasteiger partial charge in [0.1, 0.15) is 5.82 Å². The van der Waals surface area contributed by atoms with E-state index in [1.165, 1.54) is 16.4 Å². The molecule has 1 aliphatic rings. The van der Waals surface area contributed by atoms with Crippen LogP contribution in [-0.4, -0.2) is 65.3 Å². The lowest BCUT2D eigenvalue weighted by Gasteiger charge is -2.38. The Morgan fingerprint density at radius 2 is 1.78 bits per heavy atom. The Morgan fingerprint density at radius 3 is 2.30 bits per heavy atom. The fourth-order valence-electron chi connectivity index (χ4n) is 2.63. The molecule has 0 aromatic heterocycles. The Kier molecular flexibility index (Phi) is 7.30. The van der Waals surface area contributed by atoms with Crippen LogP contribution in [0.2, 0.25) is 18.1 Å². The summed E-state index contributed by atoms with van der Waals surface area (Å²) in [5, 5.41) is 0.180. The van der Waals surface area contributed by atoms with Crippen molar-refractivity contribution in [1.29, 1.82) is 0 Å². The number of sulfonamides is 1. The van der Waals surface area contributed by atoms with E-state index in [-0.39, 0.29) is 14.4 Å². The molecule has 9 heteroatoms. The van der Waals surface area contributed by atoms with Gasteiger partial charge in [-0.2, -0.15) is 4.31 Å². The predicted octanol–water partition coefficient (Wildman–Crippen LogP) is 3.92. The molecule has 2 rings (SSSR count). The molecule has 1 fully saturated rings. The lowest BCUT2D eigenvalue weighted by Crippen LogP contribution is -2.50. The van der Waals surface area contributed by atoms with Crippen molar-refractivity contribution >= 4 is 34.3 Å². The SMILES string of the molecule is CC(C)(C)[Si](C)(C)OCCN1CCN(S(=O)(=O)c2ccc(Br)c(F)c2)CC1. The second-order valence-electron chi connectivity index (χ2n) is 8.43. The molecule has 1 saturated heterocycles. The van der Waals surface area contributed by atoms with Crippen LogP contribution in [0.5, 0.6) is 0 Å². The largest absolute Gasteiger partial charge is 0.416 e. The lowest BCUT2D eigenvalue weighted by atomic mass is 10.2. The Balaban J connectivity index is 1.88. The molecule has 0 unspecified atom stereocenters. The van der Waals surface area contributed by atoms with Gasteiger partial charge in [0.05, 0.1) is 9.37 Å². The van der Waals surface area contributed by atoms with Crippen LogP contribution >= 0.6 is 15.9 Å². The van der Waals surface area contributed by atoms with Gasteiger partial charge >= 0.3 is 0 Å². The number of hydrogen-bond donors (Lipinski definition) is 0. The normalized spacial score (nSPS) is 18.0. The van der Waals surface area contributed by atoms with E-state index in [4.69, 9.17) is 4.43 Å². The molecule has 1 heterocycles. The number of nitrogens with zero attached hydrogens (tertiary/aromatic N) is 2. The highest BCUT2D eigenvalue weighted by atomic mass is 79.9. The Morgan fingerprint density at radius 1 is 1.19 bits per heavy atom. The topological polar surface area (TPSA) is 49.9 Å². The molecule has 0 N–H and O–H groups in total. The van der Waals surface area contributed by atoms with Gasteiger partial charge in [0.2, 0.25) is 10.0 Å². The quantitative estimate of drug-likeness (QED) is 0.578. The molecule has 1 aromatic rings. The van der Waals surface area contributed by atoms with Crippen molar-refractivity contribution in [2.24, 2.45) is 0 Å². The fraction of sp³-hybridized carbons (Fsp3) is 0.667. The maximum atomic E-state index is 13.7. The van der Waals surface area contributed by atoms with Crippen molar-refractivity contribution < 1.29 is 17.2 Å². The zero-order valence-electron chi connectivity index (χ0n) is 16.8. The van der Waals surface area contributed by atoms with E-state index in [1.807, 2.05) is 0 Å². The maximum Gasteiger partial charge on any atom is 0.243 e. The van der Waals surface area contributed by atoms with Crippen LogP contribution < -0.4 is 0 Å². The van der Waals surface area contributed by atoms with E-state index >= 15 is 0 Å². The summed E-state index contributed by atoms with van der Waals surface area (Å²) in [6.07, 6.45) is 0. The van der Waals surface area contributed by atoms with Crippen molar-refractivity contribution in [3.8, 4) is 0 Å². The van der Waals surface area contributed by atoms with E-state index < -0.39 is 24.2 Å². The van der Waals surface area contributed by atoms with Crippen LogP contribution in [0.4, 0.5) is 4.39 Å². The van der Waals surface area contributed by atoms with Crippen LogP contribution in [0, 0.1) is 5.82 Å². The first-order valence-electron chi connectivity index (χ1n) is 9.16. The molecular formula is C18H30BrFN2O3SSi. The van der Waals surface area contributed by atoms with Gasteiger partial charge in [-0.1, -0.05) is 20.8 Å². The lowest BCUT2D eigenvalue weighted by molar-refractivity contribution is 0.153. The molecule has 154 valence electrons. The monoisotopic (exact) mass is 480 g/mol. The predicted molar refractivity (Wildman–Crippen MR) is 112 cm³/mol. The summed E-state index contributed by atoms with van der Waals surface area (Å²) >= 11 is 3.05. The first kappa shape index (κ1) is 23.0. The highest BCUT2D eigenvalue weighted by Gasteiger charge is 2.37. The van der Waals surface area contributed by atoms with E-state index in [0.717, 1.165) is 12.6 Å². The summed E-state index contributed by atoms with van der Waals surface area (Å²) < 4.78 is 47.0. The molecule has 0 bridgehead atoms. The molecule has 27 heavy (non-hydrogen) atoms. The first-order chi connectivity index (χ1) is 12.3. The third-order valence-electron chi connectivity index (χ3n) is 5.54.